The van der Waals surface area contributed by atoms with Gasteiger partial charge in [-0.15, -0.1) is 0 Å². The van der Waals surface area contributed by atoms with Crippen LogP contribution in [-0.4, -0.2) is 6.61 Å². The Morgan fingerprint density at radius 1 is 1.05 bits per heavy atom. The van der Waals surface area contributed by atoms with Crippen molar-refractivity contribution < 1.29 is 4.74 Å². The predicted octanol–water partition coefficient (Wildman–Crippen LogP) is 3.57. The van der Waals surface area contributed by atoms with E-state index in [2.05, 4.69) is 55.7 Å². The third-order valence-electron chi connectivity index (χ3n) is 3.93. The van der Waals surface area contributed by atoms with Gasteiger partial charge in [-0.3, -0.25) is 11.3 Å². The SMILES string of the molecule is CCOc1ccc(C(NN)C(C)(C)c2ccccc2)cc1. The van der Waals surface area contributed by atoms with Crippen LogP contribution in [0.1, 0.15) is 37.9 Å². The molecule has 3 nitrogen and oxygen atoms in total. The van der Waals surface area contributed by atoms with Gasteiger partial charge in [-0.25, -0.2) is 0 Å². The van der Waals surface area contributed by atoms with Gasteiger partial charge in [0.1, 0.15) is 5.75 Å². The summed E-state index contributed by atoms with van der Waals surface area (Å²) in [6.45, 7) is 7.05. The van der Waals surface area contributed by atoms with Crippen LogP contribution >= 0.6 is 0 Å². The highest BCUT2D eigenvalue weighted by Crippen LogP contribution is 2.36. The number of hydrogen-bond donors (Lipinski definition) is 2. The van der Waals surface area contributed by atoms with Crippen molar-refractivity contribution in [1.29, 1.82) is 0 Å². The van der Waals surface area contributed by atoms with Gasteiger partial charge in [0, 0.05) is 5.41 Å². The quantitative estimate of drug-likeness (QED) is 0.630. The highest BCUT2D eigenvalue weighted by molar-refractivity contribution is 5.35. The standard InChI is InChI=1S/C18H24N2O/c1-4-21-16-12-10-14(11-13-16)17(20-19)18(2,3)15-8-6-5-7-9-15/h5-13,17,20H,4,19H2,1-3H3. The minimum atomic E-state index is -0.122. The van der Waals surface area contributed by atoms with E-state index in [1.54, 1.807) is 0 Å². The van der Waals surface area contributed by atoms with Crippen LogP contribution in [0.3, 0.4) is 0 Å². The molecule has 1 unspecified atom stereocenters. The molecule has 0 fully saturated rings. The highest BCUT2D eigenvalue weighted by atomic mass is 16.5. The molecule has 1 atom stereocenters. The monoisotopic (exact) mass is 284 g/mol. The molecule has 2 aromatic carbocycles. The summed E-state index contributed by atoms with van der Waals surface area (Å²) in [5.41, 5.74) is 5.25. The van der Waals surface area contributed by atoms with Crippen LogP contribution < -0.4 is 16.0 Å². The van der Waals surface area contributed by atoms with Crippen LogP contribution in [0.2, 0.25) is 0 Å². The smallest absolute Gasteiger partial charge is 0.119 e. The molecule has 2 aromatic rings. The molecule has 112 valence electrons. The number of benzene rings is 2. The summed E-state index contributed by atoms with van der Waals surface area (Å²) in [4.78, 5) is 0. The number of rotatable bonds is 6. The van der Waals surface area contributed by atoms with Gasteiger partial charge in [0.2, 0.25) is 0 Å². The van der Waals surface area contributed by atoms with E-state index >= 15 is 0 Å². The molecule has 2 rings (SSSR count). The Kier molecular flexibility index (Phi) is 4.99. The van der Waals surface area contributed by atoms with Gasteiger partial charge in [0.25, 0.3) is 0 Å². The van der Waals surface area contributed by atoms with E-state index in [4.69, 9.17) is 10.6 Å². The molecule has 3 N–H and O–H groups in total. The Morgan fingerprint density at radius 2 is 1.67 bits per heavy atom. The number of hydrazine groups is 1. The van der Waals surface area contributed by atoms with E-state index in [1.807, 2.05) is 25.1 Å². The van der Waals surface area contributed by atoms with E-state index in [-0.39, 0.29) is 11.5 Å². The Morgan fingerprint density at radius 3 is 2.19 bits per heavy atom. The molecule has 0 heterocycles. The highest BCUT2D eigenvalue weighted by Gasteiger charge is 2.31. The van der Waals surface area contributed by atoms with Crippen molar-refractivity contribution in [3.05, 3.63) is 65.7 Å². The molecule has 0 aromatic heterocycles. The van der Waals surface area contributed by atoms with Crippen molar-refractivity contribution in [3.63, 3.8) is 0 Å². The molecule has 0 aliphatic heterocycles. The van der Waals surface area contributed by atoms with Gasteiger partial charge in [0.15, 0.2) is 0 Å². The van der Waals surface area contributed by atoms with Crippen LogP contribution in [-0.2, 0) is 5.41 Å². The van der Waals surface area contributed by atoms with Crippen LogP contribution in [0.15, 0.2) is 54.6 Å². The van der Waals surface area contributed by atoms with E-state index in [9.17, 15) is 0 Å². The first-order valence-corrected chi connectivity index (χ1v) is 7.34. The molecular formula is C18H24N2O. The fourth-order valence-corrected chi connectivity index (χ4v) is 2.68. The maximum absolute atomic E-state index is 5.84. The Hall–Kier alpha value is -1.84. The lowest BCUT2D eigenvalue weighted by atomic mass is 9.75. The van der Waals surface area contributed by atoms with Crippen LogP contribution in [0.4, 0.5) is 0 Å². The number of nitrogens with one attached hydrogen (secondary N) is 1. The molecule has 0 saturated carbocycles. The topological polar surface area (TPSA) is 47.3 Å². The van der Waals surface area contributed by atoms with E-state index in [0.29, 0.717) is 6.61 Å². The zero-order valence-electron chi connectivity index (χ0n) is 13.0. The third-order valence-corrected chi connectivity index (χ3v) is 3.93. The summed E-state index contributed by atoms with van der Waals surface area (Å²) in [7, 11) is 0. The van der Waals surface area contributed by atoms with E-state index in [1.165, 1.54) is 5.56 Å². The molecule has 0 spiro atoms. The third kappa shape index (κ3) is 3.43. The largest absolute Gasteiger partial charge is 0.494 e. The van der Waals surface area contributed by atoms with Gasteiger partial charge < -0.3 is 4.74 Å². The number of nitrogens with two attached hydrogens (primary N) is 1. The first-order chi connectivity index (χ1) is 10.1. The van der Waals surface area contributed by atoms with Crippen molar-refractivity contribution in [1.82, 2.24) is 5.43 Å². The van der Waals surface area contributed by atoms with E-state index in [0.717, 1.165) is 11.3 Å². The Labute approximate surface area is 127 Å². The first-order valence-electron chi connectivity index (χ1n) is 7.34. The van der Waals surface area contributed by atoms with Crippen LogP contribution in [0.25, 0.3) is 0 Å². The van der Waals surface area contributed by atoms with Crippen molar-refractivity contribution in [2.45, 2.75) is 32.2 Å². The minimum Gasteiger partial charge on any atom is -0.494 e. The lowest BCUT2D eigenvalue weighted by Gasteiger charge is -2.35. The zero-order chi connectivity index (χ0) is 15.3. The molecule has 0 radical (unpaired) electrons. The maximum Gasteiger partial charge on any atom is 0.119 e. The molecular weight excluding hydrogens is 260 g/mol. The minimum absolute atomic E-state index is 0.0237. The normalized spacial score (nSPS) is 13.0. The van der Waals surface area contributed by atoms with Crippen LogP contribution in [0, 0.1) is 0 Å². The van der Waals surface area contributed by atoms with Gasteiger partial charge >= 0.3 is 0 Å². The lowest BCUT2D eigenvalue weighted by Crippen LogP contribution is -2.41. The second kappa shape index (κ2) is 6.74. The average Bonchev–Trinajstić information content (AvgIpc) is 2.51. The number of ether oxygens (including phenoxy) is 1. The lowest BCUT2D eigenvalue weighted by molar-refractivity contribution is 0.337. The Bertz CT molecular complexity index is 549. The van der Waals surface area contributed by atoms with E-state index < -0.39 is 0 Å². The number of hydrogen-bond acceptors (Lipinski definition) is 3. The fraction of sp³-hybridized carbons (Fsp3) is 0.333. The van der Waals surface area contributed by atoms with Gasteiger partial charge in [-0.1, -0.05) is 56.3 Å². The maximum atomic E-state index is 5.84. The molecule has 0 aliphatic rings. The zero-order valence-corrected chi connectivity index (χ0v) is 13.0. The van der Waals surface area contributed by atoms with Crippen LogP contribution in [0.5, 0.6) is 5.75 Å². The van der Waals surface area contributed by atoms with Gasteiger partial charge in [-0.2, -0.15) is 0 Å². The van der Waals surface area contributed by atoms with Crippen molar-refractivity contribution >= 4 is 0 Å². The fourth-order valence-electron chi connectivity index (χ4n) is 2.68. The van der Waals surface area contributed by atoms with Crippen molar-refractivity contribution in [2.24, 2.45) is 5.84 Å². The summed E-state index contributed by atoms with van der Waals surface area (Å²) < 4.78 is 5.49. The average molecular weight is 284 g/mol. The second-order valence-electron chi connectivity index (χ2n) is 5.69. The Balaban J connectivity index is 2.30. The molecule has 3 heteroatoms. The molecule has 21 heavy (non-hydrogen) atoms. The first kappa shape index (κ1) is 15.5. The molecule has 0 amide bonds. The van der Waals surface area contributed by atoms with Crippen molar-refractivity contribution in [3.8, 4) is 5.75 Å². The van der Waals surface area contributed by atoms with Gasteiger partial charge in [-0.05, 0) is 30.2 Å². The summed E-state index contributed by atoms with van der Waals surface area (Å²) in [6.07, 6.45) is 0. The summed E-state index contributed by atoms with van der Waals surface area (Å²) in [6, 6.07) is 18.6. The summed E-state index contributed by atoms with van der Waals surface area (Å²) in [5, 5.41) is 0. The van der Waals surface area contributed by atoms with Crippen molar-refractivity contribution in [2.75, 3.05) is 6.61 Å². The predicted molar refractivity (Wildman–Crippen MR) is 87.1 cm³/mol. The summed E-state index contributed by atoms with van der Waals surface area (Å²) >= 11 is 0. The molecule has 0 saturated heterocycles. The second-order valence-corrected chi connectivity index (χ2v) is 5.69. The molecule has 0 aliphatic carbocycles. The summed E-state index contributed by atoms with van der Waals surface area (Å²) in [5.74, 6) is 6.73. The van der Waals surface area contributed by atoms with Gasteiger partial charge in [0.05, 0.1) is 12.6 Å². The molecule has 0 bridgehead atoms.